The largest absolute Gasteiger partial charge is 0.350 e. The minimum atomic E-state index is -0.525. The third-order valence-electron chi connectivity index (χ3n) is 3.84. The molecule has 3 rings (SSSR count). The number of benzene rings is 2. The predicted octanol–water partition coefficient (Wildman–Crippen LogP) is 3.02. The number of aromatic nitrogens is 1. The highest BCUT2D eigenvalue weighted by atomic mass is 32.2. The highest BCUT2D eigenvalue weighted by molar-refractivity contribution is 7.98. The molecule has 1 heterocycles. The molecule has 25 heavy (non-hydrogen) atoms. The second-order valence-corrected chi connectivity index (χ2v) is 6.35. The van der Waals surface area contributed by atoms with Crippen LogP contribution in [-0.4, -0.2) is 22.9 Å². The van der Waals surface area contributed by atoms with Gasteiger partial charge in [-0.15, -0.1) is 11.8 Å². The Labute approximate surface area is 149 Å². The van der Waals surface area contributed by atoms with E-state index < -0.39 is 5.91 Å². The van der Waals surface area contributed by atoms with Crippen molar-refractivity contribution < 1.29 is 4.79 Å². The van der Waals surface area contributed by atoms with Gasteiger partial charge in [0.25, 0.3) is 5.91 Å². The highest BCUT2D eigenvalue weighted by Gasteiger charge is 2.13. The van der Waals surface area contributed by atoms with Crippen molar-refractivity contribution >= 4 is 34.8 Å². The molecule has 0 saturated carbocycles. The summed E-state index contributed by atoms with van der Waals surface area (Å²) in [6, 6.07) is 15.0. The van der Waals surface area contributed by atoms with Crippen LogP contribution < -0.4 is 10.9 Å². The number of hydrogen-bond donors (Lipinski definition) is 1. The fourth-order valence-corrected chi connectivity index (χ4v) is 2.93. The first kappa shape index (κ1) is 17.0. The molecule has 0 aliphatic rings. The zero-order valence-corrected chi connectivity index (χ0v) is 14.7. The molecular weight excluding hydrogens is 334 g/mol. The lowest BCUT2D eigenvalue weighted by Gasteiger charge is -2.07. The minimum Gasteiger partial charge on any atom is -0.350 e. The Morgan fingerprint density at radius 3 is 2.60 bits per heavy atom. The van der Waals surface area contributed by atoms with Gasteiger partial charge in [-0.1, -0.05) is 24.3 Å². The summed E-state index contributed by atoms with van der Waals surface area (Å²) in [5.41, 5.74) is 3.83. The van der Waals surface area contributed by atoms with Crippen molar-refractivity contribution in [1.82, 2.24) is 9.99 Å². The van der Waals surface area contributed by atoms with Crippen molar-refractivity contribution in [3.05, 3.63) is 76.1 Å². The number of carbonyl (C=O) groups excluding carboxylic acids is 1. The Hall–Kier alpha value is -2.86. The van der Waals surface area contributed by atoms with Gasteiger partial charge < -0.3 is 4.57 Å². The topological polar surface area (TPSA) is 63.5 Å². The maximum atomic E-state index is 12.5. The number of nitrogens with one attached hydrogen (secondary N) is 1. The van der Waals surface area contributed by atoms with Gasteiger partial charge in [0.1, 0.15) is 5.56 Å². The van der Waals surface area contributed by atoms with Gasteiger partial charge >= 0.3 is 0 Å². The number of thioether (sulfide) groups is 1. The molecule has 0 saturated heterocycles. The Morgan fingerprint density at radius 2 is 1.88 bits per heavy atom. The SMILES string of the molecule is CSc1ccc(C=NNC(=O)c2cn(C)c3ccccc3c2=O)cc1. The van der Waals surface area contributed by atoms with Crippen molar-refractivity contribution in [1.29, 1.82) is 0 Å². The van der Waals surface area contributed by atoms with E-state index in [1.54, 1.807) is 41.7 Å². The average molecular weight is 351 g/mol. The second kappa shape index (κ2) is 7.36. The number of para-hydroxylation sites is 1. The molecule has 0 radical (unpaired) electrons. The first-order chi connectivity index (χ1) is 12.1. The molecule has 6 heteroatoms. The number of hydrazone groups is 1. The smallest absolute Gasteiger partial charge is 0.276 e. The molecule has 1 N–H and O–H groups in total. The van der Waals surface area contributed by atoms with Gasteiger partial charge in [0.2, 0.25) is 5.43 Å². The first-order valence-electron chi connectivity index (χ1n) is 7.66. The number of nitrogens with zero attached hydrogens (tertiary/aromatic N) is 2. The van der Waals surface area contributed by atoms with E-state index in [0.717, 1.165) is 16.0 Å². The Morgan fingerprint density at radius 1 is 1.16 bits per heavy atom. The quantitative estimate of drug-likeness (QED) is 0.446. The lowest BCUT2D eigenvalue weighted by molar-refractivity contribution is 0.0953. The van der Waals surface area contributed by atoms with E-state index >= 15 is 0 Å². The predicted molar refractivity (Wildman–Crippen MR) is 102 cm³/mol. The molecule has 0 aliphatic carbocycles. The number of amides is 1. The number of fused-ring (bicyclic) bond motifs is 1. The summed E-state index contributed by atoms with van der Waals surface area (Å²) in [4.78, 5) is 26.0. The molecule has 126 valence electrons. The zero-order chi connectivity index (χ0) is 17.8. The molecule has 0 unspecified atom stereocenters. The van der Waals surface area contributed by atoms with Crippen LogP contribution in [-0.2, 0) is 7.05 Å². The van der Waals surface area contributed by atoms with E-state index in [2.05, 4.69) is 10.5 Å². The van der Waals surface area contributed by atoms with Crippen LogP contribution in [0.15, 0.2) is 69.5 Å². The van der Waals surface area contributed by atoms with Crippen LogP contribution in [0.1, 0.15) is 15.9 Å². The fourth-order valence-electron chi connectivity index (χ4n) is 2.52. The standard InChI is InChI=1S/C19H17N3O2S/c1-22-12-16(18(23)15-5-3-4-6-17(15)22)19(24)21-20-11-13-7-9-14(25-2)10-8-13/h3-12H,1-2H3,(H,21,24). The van der Waals surface area contributed by atoms with Crippen molar-refractivity contribution in [2.75, 3.05) is 6.26 Å². The molecule has 0 aliphatic heterocycles. The average Bonchev–Trinajstić information content (AvgIpc) is 2.65. The van der Waals surface area contributed by atoms with Crippen LogP contribution in [0.5, 0.6) is 0 Å². The molecule has 0 bridgehead atoms. The van der Waals surface area contributed by atoms with Gasteiger partial charge in [-0.3, -0.25) is 9.59 Å². The third kappa shape index (κ3) is 3.64. The maximum absolute atomic E-state index is 12.5. The van der Waals surface area contributed by atoms with E-state index in [4.69, 9.17) is 0 Å². The van der Waals surface area contributed by atoms with Gasteiger partial charge in [0, 0.05) is 23.5 Å². The van der Waals surface area contributed by atoms with Gasteiger partial charge in [-0.05, 0) is 36.1 Å². The Bertz CT molecular complexity index is 1010. The zero-order valence-electron chi connectivity index (χ0n) is 13.9. The van der Waals surface area contributed by atoms with Gasteiger partial charge in [0.05, 0.1) is 11.7 Å². The van der Waals surface area contributed by atoms with Crippen LogP contribution in [0.4, 0.5) is 0 Å². The summed E-state index contributed by atoms with van der Waals surface area (Å²) in [6.07, 6.45) is 5.09. The second-order valence-electron chi connectivity index (χ2n) is 5.47. The van der Waals surface area contributed by atoms with Crippen molar-refractivity contribution in [3.63, 3.8) is 0 Å². The van der Waals surface area contributed by atoms with Crippen molar-refractivity contribution in [2.45, 2.75) is 4.90 Å². The summed E-state index contributed by atoms with van der Waals surface area (Å²) in [7, 11) is 1.80. The van der Waals surface area contributed by atoms with Gasteiger partial charge in [0.15, 0.2) is 0 Å². The van der Waals surface area contributed by atoms with Crippen molar-refractivity contribution in [3.8, 4) is 0 Å². The molecule has 5 nitrogen and oxygen atoms in total. The Kier molecular flexibility index (Phi) is 5.00. The fraction of sp³-hybridized carbons (Fsp3) is 0.105. The summed E-state index contributed by atoms with van der Waals surface area (Å²) in [5.74, 6) is -0.525. The van der Waals surface area contributed by atoms with E-state index in [-0.39, 0.29) is 11.0 Å². The third-order valence-corrected chi connectivity index (χ3v) is 4.58. The normalized spacial score (nSPS) is 11.1. The van der Waals surface area contributed by atoms with Gasteiger partial charge in [-0.2, -0.15) is 5.10 Å². The number of carbonyl (C=O) groups is 1. The van der Waals surface area contributed by atoms with Crippen LogP contribution >= 0.6 is 11.8 Å². The number of rotatable bonds is 4. The van der Waals surface area contributed by atoms with Crippen molar-refractivity contribution in [2.24, 2.45) is 12.1 Å². The van der Waals surface area contributed by atoms with Crippen LogP contribution in [0.2, 0.25) is 0 Å². The molecule has 1 aromatic heterocycles. The molecule has 0 spiro atoms. The minimum absolute atomic E-state index is 0.0658. The number of pyridine rings is 1. The van der Waals surface area contributed by atoms with Crippen LogP contribution in [0, 0.1) is 0 Å². The summed E-state index contributed by atoms with van der Waals surface area (Å²) in [5, 5.41) is 4.45. The lowest BCUT2D eigenvalue weighted by atomic mass is 10.1. The Balaban J connectivity index is 1.81. The molecule has 3 aromatic rings. The monoisotopic (exact) mass is 351 g/mol. The number of hydrogen-bond acceptors (Lipinski definition) is 4. The first-order valence-corrected chi connectivity index (χ1v) is 8.88. The van der Waals surface area contributed by atoms with Crippen LogP contribution in [0.25, 0.3) is 10.9 Å². The van der Waals surface area contributed by atoms with Gasteiger partial charge in [-0.25, -0.2) is 5.43 Å². The molecule has 1 amide bonds. The summed E-state index contributed by atoms with van der Waals surface area (Å²) < 4.78 is 1.76. The number of aryl methyl sites for hydroxylation is 1. The maximum Gasteiger partial charge on any atom is 0.276 e. The molecular formula is C19H17N3O2S. The molecule has 2 aromatic carbocycles. The summed E-state index contributed by atoms with van der Waals surface area (Å²) >= 11 is 1.66. The van der Waals surface area contributed by atoms with E-state index in [1.807, 2.05) is 42.7 Å². The lowest BCUT2D eigenvalue weighted by Crippen LogP contribution is -2.26. The van der Waals surface area contributed by atoms with E-state index in [9.17, 15) is 9.59 Å². The molecule has 0 atom stereocenters. The van der Waals surface area contributed by atoms with E-state index in [1.165, 1.54) is 6.20 Å². The van der Waals surface area contributed by atoms with Crippen LogP contribution in [0.3, 0.4) is 0 Å². The summed E-state index contributed by atoms with van der Waals surface area (Å²) in [6.45, 7) is 0. The molecule has 0 fully saturated rings. The van der Waals surface area contributed by atoms with E-state index in [0.29, 0.717) is 5.39 Å². The highest BCUT2D eigenvalue weighted by Crippen LogP contribution is 2.14.